The number of carboxylic acid groups (broad SMARTS) is 1. The lowest BCUT2D eigenvalue weighted by Crippen LogP contribution is -2.03. The molecule has 4 heteroatoms. The molecule has 0 bridgehead atoms. The van der Waals surface area contributed by atoms with Gasteiger partial charge in [-0.2, -0.15) is 0 Å². The van der Waals surface area contributed by atoms with Gasteiger partial charge in [0.25, 0.3) is 0 Å². The zero-order chi connectivity index (χ0) is 16.9. The Morgan fingerprint density at radius 3 is 2.32 bits per heavy atom. The summed E-state index contributed by atoms with van der Waals surface area (Å²) in [5.41, 5.74) is 3.26. The molecule has 0 spiro atoms. The number of phenols is 2. The van der Waals surface area contributed by atoms with Gasteiger partial charge in [0, 0.05) is 11.6 Å². The van der Waals surface area contributed by atoms with Gasteiger partial charge < -0.3 is 15.3 Å². The molecule has 0 aliphatic heterocycles. The van der Waals surface area contributed by atoms with E-state index in [1.807, 2.05) is 13.0 Å². The first-order chi connectivity index (χ1) is 10.2. The van der Waals surface area contributed by atoms with Crippen LogP contribution in [0.25, 0.3) is 0 Å². The molecule has 0 radical (unpaired) electrons. The van der Waals surface area contributed by atoms with E-state index in [1.54, 1.807) is 6.92 Å². The SMILES string of the molecule is CC(C)=CCC/C(C)=C/Cc1c(O)cc(O)c(C(=O)O)c1C. The highest BCUT2D eigenvalue weighted by molar-refractivity contribution is 5.93. The number of aromatic hydroxyl groups is 2. The summed E-state index contributed by atoms with van der Waals surface area (Å²) in [6, 6.07) is 1.10. The minimum atomic E-state index is -1.19. The van der Waals surface area contributed by atoms with Crippen molar-refractivity contribution in [2.75, 3.05) is 0 Å². The van der Waals surface area contributed by atoms with E-state index in [1.165, 1.54) is 11.1 Å². The molecule has 0 amide bonds. The number of carboxylic acids is 1. The highest BCUT2D eigenvalue weighted by Gasteiger charge is 2.18. The molecule has 1 aromatic carbocycles. The summed E-state index contributed by atoms with van der Waals surface area (Å²) in [7, 11) is 0. The zero-order valence-electron chi connectivity index (χ0n) is 13.6. The normalized spacial score (nSPS) is 11.4. The second-order valence-corrected chi connectivity index (χ2v) is 5.77. The van der Waals surface area contributed by atoms with Crippen LogP contribution < -0.4 is 0 Å². The molecule has 22 heavy (non-hydrogen) atoms. The summed E-state index contributed by atoms with van der Waals surface area (Å²) < 4.78 is 0. The van der Waals surface area contributed by atoms with Gasteiger partial charge in [-0.25, -0.2) is 4.79 Å². The molecule has 0 saturated heterocycles. The van der Waals surface area contributed by atoms with Crippen LogP contribution in [-0.4, -0.2) is 21.3 Å². The highest BCUT2D eigenvalue weighted by Crippen LogP contribution is 2.32. The van der Waals surface area contributed by atoms with E-state index >= 15 is 0 Å². The predicted molar refractivity (Wildman–Crippen MR) is 87.6 cm³/mol. The van der Waals surface area contributed by atoms with Crippen LogP contribution in [0.3, 0.4) is 0 Å². The van der Waals surface area contributed by atoms with Crippen LogP contribution in [0.4, 0.5) is 0 Å². The number of carbonyl (C=O) groups is 1. The Bertz CT molecular complexity index is 620. The monoisotopic (exact) mass is 304 g/mol. The Labute approximate surface area is 131 Å². The van der Waals surface area contributed by atoms with Gasteiger partial charge in [0.1, 0.15) is 17.1 Å². The summed E-state index contributed by atoms with van der Waals surface area (Å²) in [5, 5.41) is 28.7. The van der Waals surface area contributed by atoms with Crippen molar-refractivity contribution < 1.29 is 20.1 Å². The largest absolute Gasteiger partial charge is 0.508 e. The Morgan fingerprint density at radius 2 is 1.77 bits per heavy atom. The quantitative estimate of drug-likeness (QED) is 0.683. The van der Waals surface area contributed by atoms with Crippen LogP contribution in [0.5, 0.6) is 11.5 Å². The van der Waals surface area contributed by atoms with Crippen molar-refractivity contribution in [3.8, 4) is 11.5 Å². The van der Waals surface area contributed by atoms with Gasteiger partial charge in [0.2, 0.25) is 0 Å². The number of benzene rings is 1. The topological polar surface area (TPSA) is 77.8 Å². The van der Waals surface area contributed by atoms with E-state index < -0.39 is 11.7 Å². The first kappa shape index (κ1) is 17.8. The van der Waals surface area contributed by atoms with Crippen molar-refractivity contribution in [3.05, 3.63) is 46.1 Å². The molecule has 0 fully saturated rings. The second kappa shape index (κ2) is 7.69. The van der Waals surface area contributed by atoms with Gasteiger partial charge >= 0.3 is 5.97 Å². The Balaban J connectivity index is 2.96. The number of rotatable bonds is 6. The van der Waals surface area contributed by atoms with E-state index in [4.69, 9.17) is 5.11 Å². The van der Waals surface area contributed by atoms with E-state index in [0.29, 0.717) is 17.5 Å². The summed E-state index contributed by atoms with van der Waals surface area (Å²) in [6.45, 7) is 7.74. The molecule has 120 valence electrons. The van der Waals surface area contributed by atoms with Crippen LogP contribution in [0.2, 0.25) is 0 Å². The van der Waals surface area contributed by atoms with Crippen LogP contribution in [0.15, 0.2) is 29.4 Å². The number of phenolic OH excluding ortho intramolecular Hbond substituents is 1. The third-order valence-electron chi connectivity index (χ3n) is 3.63. The third-order valence-corrected chi connectivity index (χ3v) is 3.63. The lowest BCUT2D eigenvalue weighted by molar-refractivity contribution is 0.0692. The molecule has 3 N–H and O–H groups in total. The van der Waals surface area contributed by atoms with E-state index in [9.17, 15) is 15.0 Å². The standard InChI is InChI=1S/C18H24O4/c1-11(2)6-5-7-12(3)8-9-14-13(4)17(18(21)22)16(20)10-15(14)19/h6,8,10,19-20H,5,7,9H2,1-4H3,(H,21,22)/b12-8+. The number of hydrogen-bond acceptors (Lipinski definition) is 3. The molecule has 0 saturated carbocycles. The molecule has 1 aromatic rings. The van der Waals surface area contributed by atoms with Crippen molar-refractivity contribution >= 4 is 5.97 Å². The van der Waals surface area contributed by atoms with Gasteiger partial charge in [-0.3, -0.25) is 0 Å². The maximum Gasteiger partial charge on any atom is 0.339 e. The Kier molecular flexibility index (Phi) is 6.23. The maximum absolute atomic E-state index is 11.2. The summed E-state index contributed by atoms with van der Waals surface area (Å²) >= 11 is 0. The molecule has 0 unspecified atom stereocenters. The minimum Gasteiger partial charge on any atom is -0.508 e. The third kappa shape index (κ3) is 4.65. The second-order valence-electron chi connectivity index (χ2n) is 5.77. The molecular weight excluding hydrogens is 280 g/mol. The van der Waals surface area contributed by atoms with Crippen LogP contribution in [0.1, 0.15) is 55.1 Å². The van der Waals surface area contributed by atoms with Crippen molar-refractivity contribution in [2.45, 2.75) is 47.0 Å². The fourth-order valence-electron chi connectivity index (χ4n) is 2.32. The van der Waals surface area contributed by atoms with Crippen molar-refractivity contribution in [2.24, 2.45) is 0 Å². The minimum absolute atomic E-state index is 0.0756. The van der Waals surface area contributed by atoms with Gasteiger partial charge in [-0.15, -0.1) is 0 Å². The summed E-state index contributed by atoms with van der Waals surface area (Å²) in [5.74, 6) is -1.68. The van der Waals surface area contributed by atoms with Gasteiger partial charge in [0.15, 0.2) is 0 Å². The molecule has 0 aromatic heterocycles. The molecule has 4 nitrogen and oxygen atoms in total. The van der Waals surface area contributed by atoms with Crippen LogP contribution >= 0.6 is 0 Å². The van der Waals surface area contributed by atoms with Crippen molar-refractivity contribution in [3.63, 3.8) is 0 Å². The van der Waals surface area contributed by atoms with Crippen LogP contribution in [-0.2, 0) is 6.42 Å². The summed E-state index contributed by atoms with van der Waals surface area (Å²) in [4.78, 5) is 11.2. The average molecular weight is 304 g/mol. The molecule has 0 atom stereocenters. The number of allylic oxidation sites excluding steroid dienone is 4. The first-order valence-electron chi connectivity index (χ1n) is 7.30. The number of hydrogen-bond donors (Lipinski definition) is 3. The van der Waals surface area contributed by atoms with Gasteiger partial charge in [0.05, 0.1) is 0 Å². The molecule has 0 aliphatic carbocycles. The predicted octanol–water partition coefficient (Wildman–Crippen LogP) is 4.34. The lowest BCUT2D eigenvalue weighted by Gasteiger charge is -2.12. The molecule has 1 rings (SSSR count). The van der Waals surface area contributed by atoms with E-state index in [0.717, 1.165) is 18.9 Å². The molecule has 0 heterocycles. The van der Waals surface area contributed by atoms with Crippen LogP contribution in [0, 0.1) is 6.92 Å². The van der Waals surface area contributed by atoms with E-state index in [2.05, 4.69) is 19.9 Å². The Morgan fingerprint density at radius 1 is 1.14 bits per heavy atom. The van der Waals surface area contributed by atoms with E-state index in [-0.39, 0.29) is 11.3 Å². The molecular formula is C18H24O4. The van der Waals surface area contributed by atoms with Crippen molar-refractivity contribution in [1.29, 1.82) is 0 Å². The fourth-order valence-corrected chi connectivity index (χ4v) is 2.32. The lowest BCUT2D eigenvalue weighted by atomic mass is 9.96. The Hall–Kier alpha value is -2.23. The smallest absolute Gasteiger partial charge is 0.339 e. The van der Waals surface area contributed by atoms with Crippen molar-refractivity contribution in [1.82, 2.24) is 0 Å². The zero-order valence-corrected chi connectivity index (χ0v) is 13.6. The first-order valence-corrected chi connectivity index (χ1v) is 7.30. The highest BCUT2D eigenvalue weighted by atomic mass is 16.4. The summed E-state index contributed by atoms with van der Waals surface area (Å²) in [6.07, 6.45) is 6.49. The average Bonchev–Trinajstić information content (AvgIpc) is 2.36. The fraction of sp³-hybridized carbons (Fsp3) is 0.389. The van der Waals surface area contributed by atoms with Gasteiger partial charge in [-0.1, -0.05) is 23.3 Å². The van der Waals surface area contributed by atoms with Gasteiger partial charge in [-0.05, 0) is 52.5 Å². The maximum atomic E-state index is 11.2. The molecule has 0 aliphatic rings. The number of aromatic carboxylic acids is 1.